The summed E-state index contributed by atoms with van der Waals surface area (Å²) in [6, 6.07) is 7.28. The van der Waals surface area contributed by atoms with Crippen LogP contribution in [0.2, 0.25) is 0 Å². The van der Waals surface area contributed by atoms with Crippen LogP contribution in [0.5, 0.6) is 0 Å². The molecule has 2 unspecified atom stereocenters. The maximum Gasteiger partial charge on any atom is 0.123 e. The predicted molar refractivity (Wildman–Crippen MR) is 84.3 cm³/mol. The molecule has 0 heterocycles. The highest BCUT2D eigenvalue weighted by atomic mass is 32.2. The maximum absolute atomic E-state index is 13.0. The van der Waals surface area contributed by atoms with Crippen LogP contribution in [0.4, 0.5) is 4.39 Å². The van der Waals surface area contributed by atoms with Gasteiger partial charge in [-0.15, -0.1) is 0 Å². The molecule has 0 spiro atoms. The van der Waals surface area contributed by atoms with Crippen LogP contribution in [-0.4, -0.2) is 18.1 Å². The van der Waals surface area contributed by atoms with E-state index in [1.165, 1.54) is 24.8 Å². The minimum atomic E-state index is -0.158. The zero-order valence-electron chi connectivity index (χ0n) is 12.3. The Bertz CT molecular complexity index is 339. The number of rotatable bonds is 9. The zero-order chi connectivity index (χ0) is 14.1. The van der Waals surface area contributed by atoms with Crippen molar-refractivity contribution < 1.29 is 4.39 Å². The standard InChI is InChI=1S/C16H26FNS/c1-4-5-6-16(18-12-11-13(2)19-3)14-7-9-15(17)10-8-14/h7-10,13,16,18H,4-6,11-12H2,1-3H3. The first-order valence-corrected chi connectivity index (χ1v) is 8.47. The van der Waals surface area contributed by atoms with Crippen molar-refractivity contribution >= 4 is 11.8 Å². The van der Waals surface area contributed by atoms with Crippen molar-refractivity contribution in [1.29, 1.82) is 0 Å². The average Bonchev–Trinajstić information content (AvgIpc) is 2.43. The van der Waals surface area contributed by atoms with Gasteiger partial charge < -0.3 is 5.32 Å². The van der Waals surface area contributed by atoms with Crippen LogP contribution in [0.15, 0.2) is 24.3 Å². The quantitative estimate of drug-likeness (QED) is 0.699. The predicted octanol–water partition coefficient (Wildman–Crippen LogP) is 4.79. The van der Waals surface area contributed by atoms with Gasteiger partial charge in [-0.2, -0.15) is 11.8 Å². The first kappa shape index (κ1) is 16.5. The van der Waals surface area contributed by atoms with Gasteiger partial charge in [-0.25, -0.2) is 4.39 Å². The largest absolute Gasteiger partial charge is 0.310 e. The van der Waals surface area contributed by atoms with Gasteiger partial charge in [-0.3, -0.25) is 0 Å². The van der Waals surface area contributed by atoms with Crippen LogP contribution >= 0.6 is 11.8 Å². The molecule has 19 heavy (non-hydrogen) atoms. The molecule has 0 saturated heterocycles. The highest BCUT2D eigenvalue weighted by Gasteiger charge is 2.11. The molecule has 2 atom stereocenters. The normalized spacial score (nSPS) is 14.3. The first-order valence-electron chi connectivity index (χ1n) is 7.19. The van der Waals surface area contributed by atoms with Gasteiger partial charge >= 0.3 is 0 Å². The summed E-state index contributed by atoms with van der Waals surface area (Å²) < 4.78 is 13.0. The van der Waals surface area contributed by atoms with Gasteiger partial charge in [-0.1, -0.05) is 38.8 Å². The number of unbranched alkanes of at least 4 members (excludes halogenated alkanes) is 1. The second kappa shape index (κ2) is 9.38. The number of halogens is 1. The topological polar surface area (TPSA) is 12.0 Å². The van der Waals surface area contributed by atoms with Gasteiger partial charge in [0, 0.05) is 11.3 Å². The van der Waals surface area contributed by atoms with Crippen LogP contribution in [0.1, 0.15) is 51.1 Å². The molecule has 0 radical (unpaired) electrons. The molecule has 0 aliphatic heterocycles. The number of hydrogen-bond donors (Lipinski definition) is 1. The minimum Gasteiger partial charge on any atom is -0.310 e. The third kappa shape index (κ3) is 6.44. The Morgan fingerprint density at radius 3 is 2.47 bits per heavy atom. The molecule has 0 fully saturated rings. The fourth-order valence-corrected chi connectivity index (χ4v) is 2.42. The Kier molecular flexibility index (Phi) is 8.15. The van der Waals surface area contributed by atoms with E-state index in [4.69, 9.17) is 0 Å². The first-order chi connectivity index (χ1) is 9.17. The van der Waals surface area contributed by atoms with Crippen LogP contribution in [0.3, 0.4) is 0 Å². The molecule has 1 nitrogen and oxygen atoms in total. The fraction of sp³-hybridized carbons (Fsp3) is 0.625. The van der Waals surface area contributed by atoms with Crippen molar-refractivity contribution in [2.24, 2.45) is 0 Å². The van der Waals surface area contributed by atoms with Gasteiger partial charge in [0.05, 0.1) is 0 Å². The SMILES string of the molecule is CCCCC(NCCC(C)SC)c1ccc(F)cc1. The molecule has 0 aromatic heterocycles. The Balaban J connectivity index is 2.53. The molecule has 1 aromatic rings. The third-order valence-corrected chi connectivity index (χ3v) is 4.50. The van der Waals surface area contributed by atoms with E-state index in [9.17, 15) is 4.39 Å². The molecule has 1 rings (SSSR count). The van der Waals surface area contributed by atoms with E-state index in [1.807, 2.05) is 23.9 Å². The molecule has 0 amide bonds. The van der Waals surface area contributed by atoms with Crippen molar-refractivity contribution in [1.82, 2.24) is 5.32 Å². The second-order valence-corrected chi connectivity index (χ2v) is 6.31. The van der Waals surface area contributed by atoms with Crippen molar-refractivity contribution in [3.05, 3.63) is 35.6 Å². The van der Waals surface area contributed by atoms with Crippen LogP contribution in [0, 0.1) is 5.82 Å². The summed E-state index contributed by atoms with van der Waals surface area (Å²) in [7, 11) is 0. The lowest BCUT2D eigenvalue weighted by Gasteiger charge is -2.20. The highest BCUT2D eigenvalue weighted by Crippen LogP contribution is 2.20. The monoisotopic (exact) mass is 283 g/mol. The lowest BCUT2D eigenvalue weighted by molar-refractivity contribution is 0.475. The van der Waals surface area contributed by atoms with Crippen molar-refractivity contribution in [2.75, 3.05) is 12.8 Å². The second-order valence-electron chi connectivity index (χ2n) is 5.04. The molecule has 0 aliphatic rings. The van der Waals surface area contributed by atoms with Gasteiger partial charge in [0.2, 0.25) is 0 Å². The van der Waals surface area contributed by atoms with Crippen LogP contribution in [0.25, 0.3) is 0 Å². The van der Waals surface area contributed by atoms with Gasteiger partial charge in [-0.05, 0) is 43.3 Å². The van der Waals surface area contributed by atoms with Gasteiger partial charge in [0.1, 0.15) is 5.82 Å². The summed E-state index contributed by atoms with van der Waals surface area (Å²) in [6.45, 7) is 5.48. The molecule has 1 aromatic carbocycles. The average molecular weight is 283 g/mol. The Labute approximate surface area is 121 Å². The van der Waals surface area contributed by atoms with Gasteiger partial charge in [0.15, 0.2) is 0 Å². The maximum atomic E-state index is 13.0. The van der Waals surface area contributed by atoms with Crippen molar-refractivity contribution in [2.45, 2.75) is 50.8 Å². The van der Waals surface area contributed by atoms with E-state index in [2.05, 4.69) is 25.4 Å². The number of nitrogens with one attached hydrogen (secondary N) is 1. The molecule has 0 bridgehead atoms. The lowest BCUT2D eigenvalue weighted by Crippen LogP contribution is -2.24. The summed E-state index contributed by atoms with van der Waals surface area (Å²) in [6.07, 6.45) is 6.84. The Morgan fingerprint density at radius 2 is 1.89 bits per heavy atom. The van der Waals surface area contributed by atoms with E-state index < -0.39 is 0 Å². The molecule has 108 valence electrons. The third-order valence-electron chi connectivity index (χ3n) is 3.46. The highest BCUT2D eigenvalue weighted by molar-refractivity contribution is 7.99. The number of thioether (sulfide) groups is 1. The molecule has 1 N–H and O–H groups in total. The van der Waals surface area contributed by atoms with E-state index >= 15 is 0 Å². The van der Waals surface area contributed by atoms with Gasteiger partial charge in [0.25, 0.3) is 0 Å². The summed E-state index contributed by atoms with van der Waals surface area (Å²) in [5.41, 5.74) is 1.20. The number of benzene rings is 1. The lowest BCUT2D eigenvalue weighted by atomic mass is 10.0. The minimum absolute atomic E-state index is 0.158. The molecule has 0 saturated carbocycles. The molecule has 0 aliphatic carbocycles. The van der Waals surface area contributed by atoms with E-state index in [0.29, 0.717) is 11.3 Å². The van der Waals surface area contributed by atoms with E-state index in [-0.39, 0.29) is 5.82 Å². The Hall–Kier alpha value is -0.540. The van der Waals surface area contributed by atoms with Crippen LogP contribution in [-0.2, 0) is 0 Å². The zero-order valence-corrected chi connectivity index (χ0v) is 13.1. The number of hydrogen-bond acceptors (Lipinski definition) is 2. The van der Waals surface area contributed by atoms with Crippen molar-refractivity contribution in [3.63, 3.8) is 0 Å². The molecular formula is C16H26FNS. The summed E-state index contributed by atoms with van der Waals surface area (Å²) >= 11 is 1.90. The smallest absolute Gasteiger partial charge is 0.123 e. The summed E-state index contributed by atoms with van der Waals surface area (Å²) in [5.74, 6) is -0.158. The molecular weight excluding hydrogens is 257 g/mol. The summed E-state index contributed by atoms with van der Waals surface area (Å²) in [5, 5.41) is 4.31. The van der Waals surface area contributed by atoms with E-state index in [0.717, 1.165) is 13.0 Å². The van der Waals surface area contributed by atoms with Crippen molar-refractivity contribution in [3.8, 4) is 0 Å². The fourth-order valence-electron chi connectivity index (χ4n) is 2.07. The van der Waals surface area contributed by atoms with E-state index in [1.54, 1.807) is 12.1 Å². The molecule has 3 heteroatoms. The summed E-state index contributed by atoms with van der Waals surface area (Å²) in [4.78, 5) is 0. The van der Waals surface area contributed by atoms with Crippen LogP contribution < -0.4 is 5.32 Å². The Morgan fingerprint density at radius 1 is 1.21 bits per heavy atom.